The second-order valence-corrected chi connectivity index (χ2v) is 4.85. The van der Waals surface area contributed by atoms with Gasteiger partial charge in [-0.15, -0.1) is 0 Å². The lowest BCUT2D eigenvalue weighted by Gasteiger charge is -2.16. The van der Waals surface area contributed by atoms with Gasteiger partial charge in [-0.05, 0) is 38.2 Å². The van der Waals surface area contributed by atoms with Gasteiger partial charge in [-0.3, -0.25) is 4.79 Å². The molecule has 1 aromatic rings. The number of hydrogen-bond donors (Lipinski definition) is 1. The van der Waals surface area contributed by atoms with Gasteiger partial charge in [0.15, 0.2) is 5.16 Å². The maximum atomic E-state index is 10.5. The van der Waals surface area contributed by atoms with Gasteiger partial charge in [-0.1, -0.05) is 11.8 Å². The first-order valence-electron chi connectivity index (χ1n) is 5.38. The molecule has 1 heterocycles. The van der Waals surface area contributed by atoms with Gasteiger partial charge < -0.3 is 5.11 Å². The molecule has 16 heavy (non-hydrogen) atoms. The molecule has 0 spiro atoms. The van der Waals surface area contributed by atoms with Gasteiger partial charge in [0.05, 0.1) is 5.75 Å². The van der Waals surface area contributed by atoms with Crippen molar-refractivity contribution in [2.45, 2.75) is 37.8 Å². The van der Waals surface area contributed by atoms with E-state index in [2.05, 4.69) is 9.97 Å². The Morgan fingerprint density at radius 1 is 1.38 bits per heavy atom. The van der Waals surface area contributed by atoms with Crippen molar-refractivity contribution in [2.24, 2.45) is 0 Å². The summed E-state index contributed by atoms with van der Waals surface area (Å²) in [5, 5.41) is 9.20. The number of nitrogens with zero attached hydrogens (tertiary/aromatic N) is 2. The lowest BCUT2D eigenvalue weighted by Crippen LogP contribution is -2.10. The molecule has 1 aliphatic carbocycles. The standard InChI is InChI=1S/C11H14N2O2S/c1-7-8-4-2-3-5-9(8)13-11(12-7)16-6-10(14)15/h2-6H2,1H3,(H,14,15). The zero-order valence-electron chi connectivity index (χ0n) is 9.19. The molecule has 0 aliphatic heterocycles. The van der Waals surface area contributed by atoms with Crippen molar-refractivity contribution < 1.29 is 9.90 Å². The van der Waals surface area contributed by atoms with Crippen LogP contribution in [0, 0.1) is 6.92 Å². The van der Waals surface area contributed by atoms with E-state index in [0.29, 0.717) is 5.16 Å². The Hall–Kier alpha value is -1.10. The number of aryl methyl sites for hydroxylation is 2. The van der Waals surface area contributed by atoms with Crippen molar-refractivity contribution in [3.63, 3.8) is 0 Å². The van der Waals surface area contributed by atoms with Crippen LogP contribution in [0.15, 0.2) is 5.16 Å². The lowest BCUT2D eigenvalue weighted by atomic mass is 9.95. The number of hydrogen-bond acceptors (Lipinski definition) is 4. The summed E-state index contributed by atoms with van der Waals surface area (Å²) in [6.07, 6.45) is 4.44. The Bertz CT molecular complexity index is 421. The minimum absolute atomic E-state index is 0.0260. The van der Waals surface area contributed by atoms with E-state index in [9.17, 15) is 4.79 Å². The van der Waals surface area contributed by atoms with Crippen LogP contribution in [0.25, 0.3) is 0 Å². The summed E-state index contributed by atoms with van der Waals surface area (Å²) in [4.78, 5) is 19.3. The highest BCUT2D eigenvalue weighted by Crippen LogP contribution is 2.24. The van der Waals surface area contributed by atoms with Crippen LogP contribution in [0.1, 0.15) is 29.8 Å². The van der Waals surface area contributed by atoms with Crippen LogP contribution in [0.3, 0.4) is 0 Å². The minimum atomic E-state index is -0.830. The van der Waals surface area contributed by atoms with E-state index in [0.717, 1.165) is 24.2 Å². The third-order valence-corrected chi connectivity index (χ3v) is 3.53. The average molecular weight is 238 g/mol. The highest BCUT2D eigenvalue weighted by molar-refractivity contribution is 7.99. The summed E-state index contributed by atoms with van der Waals surface area (Å²) >= 11 is 1.19. The summed E-state index contributed by atoms with van der Waals surface area (Å²) in [6.45, 7) is 1.98. The number of thioether (sulfide) groups is 1. The van der Waals surface area contributed by atoms with E-state index in [4.69, 9.17) is 5.11 Å². The van der Waals surface area contributed by atoms with Crippen LogP contribution < -0.4 is 0 Å². The molecule has 5 heteroatoms. The van der Waals surface area contributed by atoms with Crippen molar-refractivity contribution in [2.75, 3.05) is 5.75 Å². The van der Waals surface area contributed by atoms with Crippen LogP contribution in [-0.2, 0) is 17.6 Å². The van der Waals surface area contributed by atoms with Crippen LogP contribution in [-0.4, -0.2) is 26.8 Å². The largest absolute Gasteiger partial charge is 0.481 e. The van der Waals surface area contributed by atoms with E-state index in [1.165, 1.54) is 30.2 Å². The first-order valence-corrected chi connectivity index (χ1v) is 6.36. The number of carboxylic acid groups (broad SMARTS) is 1. The normalized spacial score (nSPS) is 14.6. The molecular formula is C11H14N2O2S. The summed E-state index contributed by atoms with van der Waals surface area (Å²) in [7, 11) is 0. The smallest absolute Gasteiger partial charge is 0.313 e. The molecule has 0 saturated carbocycles. The fraction of sp³-hybridized carbons (Fsp3) is 0.545. The maximum absolute atomic E-state index is 10.5. The summed E-state index contributed by atoms with van der Waals surface area (Å²) in [5.41, 5.74) is 3.40. The number of fused-ring (bicyclic) bond motifs is 1. The molecular weight excluding hydrogens is 224 g/mol. The fourth-order valence-electron chi connectivity index (χ4n) is 1.94. The van der Waals surface area contributed by atoms with E-state index in [1.807, 2.05) is 6.92 Å². The zero-order valence-corrected chi connectivity index (χ0v) is 10.0. The number of aliphatic carboxylic acids is 1. The highest BCUT2D eigenvalue weighted by Gasteiger charge is 2.15. The Morgan fingerprint density at radius 2 is 2.12 bits per heavy atom. The molecule has 0 saturated heterocycles. The SMILES string of the molecule is Cc1nc(SCC(=O)O)nc2c1CCCC2. The first-order chi connectivity index (χ1) is 7.66. The van der Waals surface area contributed by atoms with Gasteiger partial charge >= 0.3 is 5.97 Å². The third kappa shape index (κ3) is 2.52. The average Bonchev–Trinajstić information content (AvgIpc) is 2.26. The maximum Gasteiger partial charge on any atom is 0.313 e. The molecule has 0 atom stereocenters. The van der Waals surface area contributed by atoms with Gasteiger partial charge in [0.25, 0.3) is 0 Å². The third-order valence-electron chi connectivity index (χ3n) is 2.69. The summed E-state index contributed by atoms with van der Waals surface area (Å²) in [5.74, 6) is -0.804. The Labute approximate surface area is 98.5 Å². The molecule has 0 unspecified atom stereocenters. The molecule has 0 fully saturated rings. The molecule has 1 aliphatic rings. The van der Waals surface area contributed by atoms with Gasteiger partial charge in [-0.2, -0.15) is 0 Å². The quantitative estimate of drug-likeness (QED) is 0.643. The van der Waals surface area contributed by atoms with E-state index in [-0.39, 0.29) is 5.75 Å². The van der Waals surface area contributed by atoms with Gasteiger partial charge in [0.2, 0.25) is 0 Å². The molecule has 2 rings (SSSR count). The topological polar surface area (TPSA) is 63.1 Å². The summed E-state index contributed by atoms with van der Waals surface area (Å²) < 4.78 is 0. The Morgan fingerprint density at radius 3 is 2.88 bits per heavy atom. The second kappa shape index (κ2) is 4.82. The van der Waals surface area contributed by atoms with Crippen LogP contribution in [0.2, 0.25) is 0 Å². The van der Waals surface area contributed by atoms with Crippen molar-refractivity contribution in [1.29, 1.82) is 0 Å². The zero-order chi connectivity index (χ0) is 11.5. The molecule has 0 amide bonds. The molecule has 0 radical (unpaired) electrons. The Kier molecular flexibility index (Phi) is 3.43. The second-order valence-electron chi connectivity index (χ2n) is 3.91. The minimum Gasteiger partial charge on any atom is -0.481 e. The van der Waals surface area contributed by atoms with Crippen LogP contribution >= 0.6 is 11.8 Å². The molecule has 1 aromatic heterocycles. The van der Waals surface area contributed by atoms with E-state index in [1.54, 1.807) is 0 Å². The monoisotopic (exact) mass is 238 g/mol. The first kappa shape index (κ1) is 11.4. The lowest BCUT2D eigenvalue weighted by molar-refractivity contribution is -0.133. The van der Waals surface area contributed by atoms with Crippen molar-refractivity contribution >= 4 is 17.7 Å². The number of aromatic nitrogens is 2. The van der Waals surface area contributed by atoms with Crippen molar-refractivity contribution in [1.82, 2.24) is 9.97 Å². The van der Waals surface area contributed by atoms with Crippen LogP contribution in [0.5, 0.6) is 0 Å². The molecule has 0 bridgehead atoms. The van der Waals surface area contributed by atoms with Gasteiger partial charge in [-0.25, -0.2) is 9.97 Å². The fourth-order valence-corrected chi connectivity index (χ4v) is 2.57. The van der Waals surface area contributed by atoms with Crippen molar-refractivity contribution in [3.05, 3.63) is 17.0 Å². The number of rotatable bonds is 3. The molecule has 1 N–H and O–H groups in total. The predicted molar refractivity (Wildman–Crippen MR) is 61.8 cm³/mol. The van der Waals surface area contributed by atoms with E-state index >= 15 is 0 Å². The van der Waals surface area contributed by atoms with Gasteiger partial charge in [0, 0.05) is 11.4 Å². The highest BCUT2D eigenvalue weighted by atomic mass is 32.2. The predicted octanol–water partition coefficient (Wildman–Crippen LogP) is 1.84. The van der Waals surface area contributed by atoms with Crippen molar-refractivity contribution in [3.8, 4) is 0 Å². The Balaban J connectivity index is 2.21. The number of carboxylic acids is 1. The molecule has 86 valence electrons. The molecule has 4 nitrogen and oxygen atoms in total. The summed E-state index contributed by atoms with van der Waals surface area (Å²) in [6, 6.07) is 0. The van der Waals surface area contributed by atoms with Crippen LogP contribution in [0.4, 0.5) is 0 Å². The van der Waals surface area contributed by atoms with Gasteiger partial charge in [0.1, 0.15) is 0 Å². The number of carbonyl (C=O) groups is 1. The van der Waals surface area contributed by atoms with E-state index < -0.39 is 5.97 Å². The molecule has 0 aromatic carbocycles.